The number of morpholine rings is 1. The average Bonchev–Trinajstić information content (AvgIpc) is 2.38. The Bertz CT molecular complexity index is 336. The van der Waals surface area contributed by atoms with E-state index in [2.05, 4.69) is 4.98 Å². The standard InChI is InChI=1S/C11H14N2O3/c14-11(13-5-7-15-8-6-13)16-9-10-1-3-12-4-2-10/h1-4H,5-9H2. The highest BCUT2D eigenvalue weighted by Gasteiger charge is 2.17. The number of pyridine rings is 1. The zero-order valence-electron chi connectivity index (χ0n) is 8.96. The van der Waals surface area contributed by atoms with Crippen LogP contribution < -0.4 is 0 Å². The molecule has 1 aliphatic heterocycles. The minimum absolute atomic E-state index is 0.278. The number of hydrogen-bond acceptors (Lipinski definition) is 4. The van der Waals surface area contributed by atoms with Crippen LogP contribution in [-0.4, -0.2) is 42.3 Å². The summed E-state index contributed by atoms with van der Waals surface area (Å²) in [5.74, 6) is 0. The first kappa shape index (κ1) is 10.9. The van der Waals surface area contributed by atoms with Gasteiger partial charge >= 0.3 is 6.09 Å². The first-order chi connectivity index (χ1) is 7.86. The monoisotopic (exact) mass is 222 g/mol. The van der Waals surface area contributed by atoms with Gasteiger partial charge in [-0.3, -0.25) is 4.98 Å². The van der Waals surface area contributed by atoms with Gasteiger partial charge in [-0.05, 0) is 17.7 Å². The highest BCUT2D eigenvalue weighted by atomic mass is 16.6. The molecule has 16 heavy (non-hydrogen) atoms. The van der Waals surface area contributed by atoms with Crippen molar-refractivity contribution in [2.75, 3.05) is 26.3 Å². The summed E-state index contributed by atoms with van der Waals surface area (Å²) in [6.45, 7) is 2.68. The second kappa shape index (κ2) is 5.46. The van der Waals surface area contributed by atoms with Gasteiger partial charge in [0.15, 0.2) is 0 Å². The summed E-state index contributed by atoms with van der Waals surface area (Å²) in [6, 6.07) is 3.65. The highest BCUT2D eigenvalue weighted by molar-refractivity contribution is 5.67. The van der Waals surface area contributed by atoms with Crippen LogP contribution in [0.15, 0.2) is 24.5 Å². The second-order valence-electron chi connectivity index (χ2n) is 3.51. The van der Waals surface area contributed by atoms with Gasteiger partial charge in [-0.2, -0.15) is 0 Å². The molecule has 0 radical (unpaired) electrons. The number of aromatic nitrogens is 1. The van der Waals surface area contributed by atoms with Crippen LogP contribution in [0.4, 0.5) is 4.79 Å². The normalized spacial score (nSPS) is 15.9. The number of carbonyl (C=O) groups is 1. The Morgan fingerprint density at radius 1 is 1.38 bits per heavy atom. The van der Waals surface area contributed by atoms with Crippen molar-refractivity contribution in [3.8, 4) is 0 Å². The predicted molar refractivity (Wildman–Crippen MR) is 56.8 cm³/mol. The van der Waals surface area contributed by atoms with E-state index in [1.54, 1.807) is 17.3 Å². The summed E-state index contributed by atoms with van der Waals surface area (Å²) in [5.41, 5.74) is 0.941. The van der Waals surface area contributed by atoms with Gasteiger partial charge in [-0.1, -0.05) is 0 Å². The van der Waals surface area contributed by atoms with Crippen LogP contribution in [0.25, 0.3) is 0 Å². The Kier molecular flexibility index (Phi) is 3.71. The number of carbonyl (C=O) groups excluding carboxylic acids is 1. The van der Waals surface area contributed by atoms with E-state index in [1.807, 2.05) is 12.1 Å². The van der Waals surface area contributed by atoms with Crippen LogP contribution in [0.1, 0.15) is 5.56 Å². The van der Waals surface area contributed by atoms with Gasteiger partial charge in [0.2, 0.25) is 0 Å². The highest BCUT2D eigenvalue weighted by Crippen LogP contribution is 2.04. The van der Waals surface area contributed by atoms with Gasteiger partial charge in [0.05, 0.1) is 13.2 Å². The van der Waals surface area contributed by atoms with E-state index >= 15 is 0 Å². The Balaban J connectivity index is 1.79. The predicted octanol–water partition coefficient (Wildman–Crippen LogP) is 1.05. The molecule has 2 rings (SSSR count). The summed E-state index contributed by atoms with van der Waals surface area (Å²) in [4.78, 5) is 17.2. The van der Waals surface area contributed by atoms with Crippen LogP contribution in [0.5, 0.6) is 0 Å². The molecule has 0 N–H and O–H groups in total. The Morgan fingerprint density at radius 3 is 2.75 bits per heavy atom. The van der Waals surface area contributed by atoms with E-state index in [1.165, 1.54) is 0 Å². The Hall–Kier alpha value is -1.62. The molecule has 1 aromatic rings. The Labute approximate surface area is 94.0 Å². The number of nitrogens with zero attached hydrogens (tertiary/aromatic N) is 2. The van der Waals surface area contributed by atoms with Gasteiger partial charge in [0.1, 0.15) is 6.61 Å². The largest absolute Gasteiger partial charge is 0.445 e. The van der Waals surface area contributed by atoms with Crippen molar-refractivity contribution in [3.63, 3.8) is 0 Å². The molecule has 5 heteroatoms. The molecule has 0 saturated carbocycles. The fraction of sp³-hybridized carbons (Fsp3) is 0.455. The molecule has 0 bridgehead atoms. The smallest absolute Gasteiger partial charge is 0.410 e. The average molecular weight is 222 g/mol. The molecule has 1 saturated heterocycles. The summed E-state index contributed by atoms with van der Waals surface area (Å²) in [6.07, 6.45) is 3.08. The topological polar surface area (TPSA) is 51.7 Å². The van der Waals surface area contributed by atoms with Gasteiger partial charge in [0.25, 0.3) is 0 Å². The molecule has 0 spiro atoms. The molecular formula is C11H14N2O3. The first-order valence-electron chi connectivity index (χ1n) is 5.24. The van der Waals surface area contributed by atoms with E-state index in [-0.39, 0.29) is 6.09 Å². The van der Waals surface area contributed by atoms with Crippen LogP contribution in [0.3, 0.4) is 0 Å². The van der Waals surface area contributed by atoms with Crippen LogP contribution in [-0.2, 0) is 16.1 Å². The van der Waals surface area contributed by atoms with E-state index in [0.717, 1.165) is 5.56 Å². The molecule has 0 unspecified atom stereocenters. The molecule has 0 aliphatic carbocycles. The molecule has 5 nitrogen and oxygen atoms in total. The summed E-state index contributed by atoms with van der Waals surface area (Å²) >= 11 is 0. The van der Waals surface area contributed by atoms with Crippen molar-refractivity contribution >= 4 is 6.09 Å². The maximum absolute atomic E-state index is 11.6. The third-order valence-corrected chi connectivity index (χ3v) is 2.38. The van der Waals surface area contributed by atoms with Crippen molar-refractivity contribution in [1.29, 1.82) is 0 Å². The van der Waals surface area contributed by atoms with Crippen LogP contribution >= 0.6 is 0 Å². The van der Waals surface area contributed by atoms with Crippen molar-refractivity contribution in [1.82, 2.24) is 9.88 Å². The maximum Gasteiger partial charge on any atom is 0.410 e. The molecule has 1 aliphatic rings. The first-order valence-corrected chi connectivity index (χ1v) is 5.24. The number of hydrogen-bond donors (Lipinski definition) is 0. The van der Waals surface area contributed by atoms with E-state index < -0.39 is 0 Å². The molecule has 0 aromatic carbocycles. The van der Waals surface area contributed by atoms with Crippen molar-refractivity contribution in [2.45, 2.75) is 6.61 Å². The van der Waals surface area contributed by atoms with Crippen molar-refractivity contribution in [2.24, 2.45) is 0 Å². The molecular weight excluding hydrogens is 208 g/mol. The fourth-order valence-corrected chi connectivity index (χ4v) is 1.46. The molecule has 1 aromatic heterocycles. The third kappa shape index (κ3) is 2.93. The second-order valence-corrected chi connectivity index (χ2v) is 3.51. The van der Waals surface area contributed by atoms with Crippen molar-refractivity contribution in [3.05, 3.63) is 30.1 Å². The van der Waals surface area contributed by atoms with E-state index in [0.29, 0.717) is 32.9 Å². The van der Waals surface area contributed by atoms with Gasteiger partial charge in [0, 0.05) is 25.5 Å². The molecule has 86 valence electrons. The Morgan fingerprint density at radius 2 is 2.06 bits per heavy atom. The number of rotatable bonds is 2. The summed E-state index contributed by atoms with van der Waals surface area (Å²) in [5, 5.41) is 0. The molecule has 1 amide bonds. The minimum Gasteiger partial charge on any atom is -0.445 e. The molecule has 0 atom stereocenters. The summed E-state index contributed by atoms with van der Waals surface area (Å²) < 4.78 is 10.3. The van der Waals surface area contributed by atoms with Gasteiger partial charge in [-0.25, -0.2) is 4.79 Å². The zero-order chi connectivity index (χ0) is 11.2. The van der Waals surface area contributed by atoms with Crippen LogP contribution in [0.2, 0.25) is 0 Å². The fourth-order valence-electron chi connectivity index (χ4n) is 1.46. The lowest BCUT2D eigenvalue weighted by molar-refractivity contribution is 0.0249. The lowest BCUT2D eigenvalue weighted by atomic mass is 10.3. The quantitative estimate of drug-likeness (QED) is 0.750. The van der Waals surface area contributed by atoms with Crippen molar-refractivity contribution < 1.29 is 14.3 Å². The lowest BCUT2D eigenvalue weighted by Crippen LogP contribution is -2.40. The van der Waals surface area contributed by atoms with Gasteiger partial charge in [-0.15, -0.1) is 0 Å². The van der Waals surface area contributed by atoms with Gasteiger partial charge < -0.3 is 14.4 Å². The van der Waals surface area contributed by atoms with E-state index in [4.69, 9.17) is 9.47 Å². The zero-order valence-corrected chi connectivity index (χ0v) is 8.96. The van der Waals surface area contributed by atoms with Crippen LogP contribution in [0, 0.1) is 0 Å². The molecule has 2 heterocycles. The minimum atomic E-state index is -0.278. The SMILES string of the molecule is O=C(OCc1ccncc1)N1CCOCC1. The maximum atomic E-state index is 11.6. The summed E-state index contributed by atoms with van der Waals surface area (Å²) in [7, 11) is 0. The lowest BCUT2D eigenvalue weighted by Gasteiger charge is -2.25. The van der Waals surface area contributed by atoms with E-state index in [9.17, 15) is 4.79 Å². The molecule has 1 fully saturated rings. The number of ether oxygens (including phenoxy) is 2. The third-order valence-electron chi connectivity index (χ3n) is 2.38. The number of amides is 1.